The van der Waals surface area contributed by atoms with Crippen LogP contribution in [0.25, 0.3) is 11.0 Å². The fraction of sp³-hybridized carbons (Fsp3) is 0.429. The van der Waals surface area contributed by atoms with Crippen LogP contribution in [0, 0.1) is 5.41 Å². The van der Waals surface area contributed by atoms with Gasteiger partial charge in [-0.1, -0.05) is 0 Å². The number of hydrogen-bond donors (Lipinski definition) is 4. The molecule has 2 heterocycles. The van der Waals surface area contributed by atoms with Crippen molar-refractivity contribution >= 4 is 34.5 Å². The second-order valence-electron chi connectivity index (χ2n) is 7.26. The van der Waals surface area contributed by atoms with E-state index in [4.69, 9.17) is 20.6 Å². The quantitative estimate of drug-likeness (QED) is 0.365. The largest absolute Gasteiger partial charge is 0.491 e. The highest BCUT2D eigenvalue weighted by Gasteiger charge is 2.22. The maximum Gasteiger partial charge on any atom is 0.279 e. The molecule has 10 nitrogen and oxygen atoms in total. The Balaban J connectivity index is 2.06. The number of nitrogens with two attached hydrogens (primary N) is 1. The van der Waals surface area contributed by atoms with E-state index in [2.05, 4.69) is 15.6 Å². The Morgan fingerprint density at radius 2 is 2.06 bits per heavy atom. The Morgan fingerprint density at radius 1 is 1.30 bits per heavy atom. The number of allylic oxidation sites excluding steroid dienone is 1. The van der Waals surface area contributed by atoms with Gasteiger partial charge < -0.3 is 25.1 Å². The number of aromatic nitrogens is 2. The van der Waals surface area contributed by atoms with Crippen molar-refractivity contribution in [3.8, 4) is 5.75 Å². The van der Waals surface area contributed by atoms with Crippen molar-refractivity contribution in [3.63, 3.8) is 0 Å². The number of benzene rings is 1. The molecule has 12 heteroatoms. The van der Waals surface area contributed by atoms with Crippen LogP contribution >= 0.6 is 0 Å². The van der Waals surface area contributed by atoms with Crippen molar-refractivity contribution < 1.29 is 27.8 Å². The monoisotopic (exact) mass is 464 g/mol. The molecule has 0 atom stereocenters. The molecule has 0 bridgehead atoms. The molecule has 5 N–H and O–H groups in total. The Morgan fingerprint density at radius 3 is 2.76 bits per heavy atom. The lowest BCUT2D eigenvalue weighted by molar-refractivity contribution is -0.113. The first-order valence-corrected chi connectivity index (χ1v) is 10.5. The number of nitrogens with zero attached hydrogens (tertiary/aromatic N) is 2. The molecule has 0 fully saturated rings. The zero-order chi connectivity index (χ0) is 24.0. The molecule has 1 aromatic carbocycles. The zero-order valence-corrected chi connectivity index (χ0v) is 18.1. The molecule has 0 radical (unpaired) electrons. The minimum Gasteiger partial charge on any atom is -0.491 e. The second kappa shape index (κ2) is 10.9. The third kappa shape index (κ3) is 5.83. The van der Waals surface area contributed by atoms with Crippen LogP contribution < -0.4 is 21.1 Å². The average Bonchev–Trinajstić information content (AvgIpc) is 3.09. The van der Waals surface area contributed by atoms with Crippen LogP contribution in [-0.4, -0.2) is 59.9 Å². The number of likely N-dealkylation sites (N-methyl/N-ethyl adjacent to an activating group) is 1. The van der Waals surface area contributed by atoms with Gasteiger partial charge in [0.25, 0.3) is 12.3 Å². The van der Waals surface area contributed by atoms with Crippen LogP contribution in [0.5, 0.6) is 5.75 Å². The topological polar surface area (TPSA) is 144 Å². The van der Waals surface area contributed by atoms with Gasteiger partial charge in [0.2, 0.25) is 11.9 Å². The van der Waals surface area contributed by atoms with Crippen molar-refractivity contribution in [2.75, 3.05) is 31.7 Å². The summed E-state index contributed by atoms with van der Waals surface area (Å²) in [6, 6.07) is 3.03. The number of carbonyl (C=O) groups excluding carboxylic acids is 2. The van der Waals surface area contributed by atoms with E-state index >= 15 is 0 Å². The highest BCUT2D eigenvalue weighted by atomic mass is 19.3. The number of ether oxygens (including phenoxy) is 2. The van der Waals surface area contributed by atoms with Gasteiger partial charge in [-0.15, -0.1) is 0 Å². The Labute approximate surface area is 188 Å². The third-order valence-electron chi connectivity index (χ3n) is 4.82. The number of halogens is 2. The molecule has 0 unspecified atom stereocenters. The van der Waals surface area contributed by atoms with Crippen LogP contribution in [0.3, 0.4) is 0 Å². The first-order chi connectivity index (χ1) is 15.8. The van der Waals surface area contributed by atoms with Crippen molar-refractivity contribution in [1.82, 2.24) is 14.9 Å². The fourth-order valence-electron chi connectivity index (χ4n) is 3.34. The molecule has 0 saturated heterocycles. The van der Waals surface area contributed by atoms with Crippen LogP contribution in [-0.2, 0) is 16.1 Å². The second-order valence-corrected chi connectivity index (χ2v) is 7.26. The average molecular weight is 464 g/mol. The smallest absolute Gasteiger partial charge is 0.279 e. The Hall–Kier alpha value is -3.54. The summed E-state index contributed by atoms with van der Waals surface area (Å²) in [7, 11) is 0. The van der Waals surface area contributed by atoms with Crippen LogP contribution in [0.15, 0.2) is 23.9 Å². The summed E-state index contributed by atoms with van der Waals surface area (Å²) in [5.74, 6) is -0.874. The first-order valence-electron chi connectivity index (χ1n) is 10.5. The van der Waals surface area contributed by atoms with Crippen LogP contribution in [0.1, 0.15) is 30.1 Å². The molecule has 178 valence electrons. The number of imidazole rings is 1. The van der Waals surface area contributed by atoms with Gasteiger partial charge in [-0.2, -0.15) is 0 Å². The first kappa shape index (κ1) is 24.1. The number of anilines is 1. The lowest BCUT2D eigenvalue weighted by Gasteiger charge is -2.14. The highest BCUT2D eigenvalue weighted by molar-refractivity contribution is 6.09. The molecule has 3 rings (SSSR count). The lowest BCUT2D eigenvalue weighted by atomic mass is 10.1. The summed E-state index contributed by atoms with van der Waals surface area (Å²) in [4.78, 5) is 29.1. The maximum absolute atomic E-state index is 12.8. The molecule has 1 aliphatic heterocycles. The van der Waals surface area contributed by atoms with Gasteiger partial charge in [-0.25, -0.2) is 13.8 Å². The minimum absolute atomic E-state index is 0.132. The van der Waals surface area contributed by atoms with E-state index in [9.17, 15) is 18.4 Å². The lowest BCUT2D eigenvalue weighted by Crippen LogP contribution is -2.28. The summed E-state index contributed by atoms with van der Waals surface area (Å²) in [5, 5.41) is 12.7. The van der Waals surface area contributed by atoms with E-state index in [0.717, 1.165) is 6.08 Å². The van der Waals surface area contributed by atoms with E-state index in [1.165, 1.54) is 12.1 Å². The number of nitrogens with one attached hydrogen (secondary N) is 3. The number of rotatable bonds is 7. The van der Waals surface area contributed by atoms with Gasteiger partial charge in [-0.05, 0) is 31.6 Å². The standard InChI is InChI=1S/C21H26F2N6O4/c1-2-26-15(11-13(24)18(22)23)20(31)28-21-27-14-9-12(19(25)30)10-16-17(14)29(21)5-3-6-32-7-4-8-33-16/h9-11,18,24,26H,2-8H2,1H3,(H2,25,30)(H,27,28,31)/b15-11-,24-13?. The molecule has 0 spiro atoms. The predicted molar refractivity (Wildman–Crippen MR) is 118 cm³/mol. The molecular formula is C21H26F2N6O4. The van der Waals surface area contributed by atoms with Crippen molar-refractivity contribution in [2.24, 2.45) is 5.73 Å². The van der Waals surface area contributed by atoms with Crippen molar-refractivity contribution in [3.05, 3.63) is 29.5 Å². The zero-order valence-electron chi connectivity index (χ0n) is 18.1. The number of carbonyl (C=O) groups is 2. The van der Waals surface area contributed by atoms with Gasteiger partial charge in [0.1, 0.15) is 17.0 Å². The molecule has 1 aromatic heterocycles. The molecule has 33 heavy (non-hydrogen) atoms. The summed E-state index contributed by atoms with van der Waals surface area (Å²) in [5.41, 5.74) is 5.40. The van der Waals surface area contributed by atoms with E-state index in [-0.39, 0.29) is 23.8 Å². The number of primary amides is 1. The van der Waals surface area contributed by atoms with E-state index in [1.807, 2.05) is 0 Å². The van der Waals surface area contributed by atoms with Crippen molar-refractivity contribution in [2.45, 2.75) is 32.7 Å². The van der Waals surface area contributed by atoms with Gasteiger partial charge in [0.05, 0.1) is 17.8 Å². The number of aryl methyl sites for hydroxylation is 1. The highest BCUT2D eigenvalue weighted by Crippen LogP contribution is 2.31. The van der Waals surface area contributed by atoms with Gasteiger partial charge in [-0.3, -0.25) is 20.3 Å². The Kier molecular flexibility index (Phi) is 7.93. The fourth-order valence-corrected chi connectivity index (χ4v) is 3.34. The molecule has 1 aliphatic rings. The maximum atomic E-state index is 12.8. The molecule has 0 aliphatic carbocycles. The summed E-state index contributed by atoms with van der Waals surface area (Å²) < 4.78 is 38.8. The predicted octanol–water partition coefficient (Wildman–Crippen LogP) is 2.04. The minimum atomic E-state index is -3.02. The molecule has 2 amide bonds. The summed E-state index contributed by atoms with van der Waals surface area (Å²) in [6.07, 6.45) is -0.978. The SMILES string of the molecule is CCN/C(=C\C(=N)C(F)F)C(=O)Nc1nc2cc(C(N)=O)cc3c2n1CCCOCCCO3. The summed E-state index contributed by atoms with van der Waals surface area (Å²) >= 11 is 0. The van der Waals surface area contributed by atoms with E-state index in [0.29, 0.717) is 56.0 Å². The molecule has 2 aromatic rings. The summed E-state index contributed by atoms with van der Waals surface area (Å²) in [6.45, 7) is 3.72. The Bertz CT molecular complexity index is 1080. The van der Waals surface area contributed by atoms with E-state index < -0.39 is 24.0 Å². The number of alkyl halides is 2. The molecule has 0 saturated carbocycles. The van der Waals surface area contributed by atoms with Crippen LogP contribution in [0.2, 0.25) is 0 Å². The van der Waals surface area contributed by atoms with Crippen molar-refractivity contribution in [1.29, 1.82) is 5.41 Å². The third-order valence-corrected chi connectivity index (χ3v) is 4.82. The number of hydrogen-bond acceptors (Lipinski definition) is 7. The van der Waals surface area contributed by atoms with Gasteiger partial charge in [0, 0.05) is 38.3 Å². The number of amides is 2. The normalized spacial score (nSPS) is 15.0. The van der Waals surface area contributed by atoms with Crippen LogP contribution in [0.4, 0.5) is 14.7 Å². The molecular weight excluding hydrogens is 438 g/mol. The van der Waals surface area contributed by atoms with Gasteiger partial charge >= 0.3 is 0 Å². The van der Waals surface area contributed by atoms with E-state index in [1.54, 1.807) is 11.5 Å². The van der Waals surface area contributed by atoms with Gasteiger partial charge in [0.15, 0.2) is 0 Å².